The number of hydrogen-bond donors (Lipinski definition) is 0. The summed E-state index contributed by atoms with van der Waals surface area (Å²) in [5, 5.41) is 0. The zero-order valence-corrected chi connectivity index (χ0v) is 8.85. The second-order valence-corrected chi connectivity index (χ2v) is 3.47. The van der Waals surface area contributed by atoms with Gasteiger partial charge in [-0.05, 0) is 12.1 Å². The molecule has 0 unspecified atom stereocenters. The highest BCUT2D eigenvalue weighted by atomic mass is 19.1. The van der Waals surface area contributed by atoms with Crippen LogP contribution in [0.3, 0.4) is 0 Å². The molecule has 2 nitrogen and oxygen atoms in total. The lowest BCUT2D eigenvalue weighted by molar-refractivity contribution is 0.103. The van der Waals surface area contributed by atoms with Crippen molar-refractivity contribution in [2.45, 2.75) is 0 Å². The standard InChI is InChI=1S/C14H8FNO/c1-16-13-9-11(15)7-8-12(13)14(17)10-5-3-2-4-6-10/h2-9H. The zero-order valence-electron chi connectivity index (χ0n) is 8.85. The SMILES string of the molecule is [C-]#[N+]c1cc(F)ccc1C(=O)c1ccccc1. The van der Waals surface area contributed by atoms with Crippen LogP contribution in [0.25, 0.3) is 4.85 Å². The maximum atomic E-state index is 12.9. The van der Waals surface area contributed by atoms with Crippen LogP contribution in [-0.2, 0) is 0 Å². The minimum absolute atomic E-state index is 0.0406. The molecule has 0 amide bonds. The van der Waals surface area contributed by atoms with Gasteiger partial charge in [0.25, 0.3) is 0 Å². The highest BCUT2D eigenvalue weighted by molar-refractivity contribution is 6.12. The molecule has 2 aromatic carbocycles. The first kappa shape index (κ1) is 11.0. The smallest absolute Gasteiger partial charge is 0.201 e. The van der Waals surface area contributed by atoms with Gasteiger partial charge in [-0.2, -0.15) is 0 Å². The van der Waals surface area contributed by atoms with E-state index >= 15 is 0 Å². The molecule has 0 fully saturated rings. The molecule has 0 aliphatic rings. The van der Waals surface area contributed by atoms with E-state index in [1.54, 1.807) is 30.3 Å². The summed E-state index contributed by atoms with van der Waals surface area (Å²) in [4.78, 5) is 15.2. The van der Waals surface area contributed by atoms with Crippen LogP contribution in [0.1, 0.15) is 15.9 Å². The van der Waals surface area contributed by atoms with Crippen LogP contribution in [0.2, 0.25) is 0 Å². The van der Waals surface area contributed by atoms with Crippen LogP contribution >= 0.6 is 0 Å². The lowest BCUT2D eigenvalue weighted by Crippen LogP contribution is -2.01. The Morgan fingerprint density at radius 2 is 1.82 bits per heavy atom. The van der Waals surface area contributed by atoms with Gasteiger partial charge in [0, 0.05) is 11.1 Å². The van der Waals surface area contributed by atoms with Crippen molar-refractivity contribution in [1.82, 2.24) is 0 Å². The average molecular weight is 225 g/mol. The molecule has 0 radical (unpaired) electrons. The molecule has 0 atom stereocenters. The Hall–Kier alpha value is -2.47. The van der Waals surface area contributed by atoms with Gasteiger partial charge in [0.15, 0.2) is 5.78 Å². The lowest BCUT2D eigenvalue weighted by atomic mass is 10.0. The predicted molar refractivity (Wildman–Crippen MR) is 62.5 cm³/mol. The topological polar surface area (TPSA) is 21.4 Å². The van der Waals surface area contributed by atoms with E-state index in [1.807, 2.05) is 0 Å². The third kappa shape index (κ3) is 2.21. The molecule has 0 aliphatic carbocycles. The molecule has 0 aromatic heterocycles. The fourth-order valence-corrected chi connectivity index (χ4v) is 1.53. The van der Waals surface area contributed by atoms with Gasteiger partial charge in [-0.25, -0.2) is 9.24 Å². The summed E-state index contributed by atoms with van der Waals surface area (Å²) < 4.78 is 12.9. The van der Waals surface area contributed by atoms with Crippen molar-refractivity contribution in [3.63, 3.8) is 0 Å². The van der Waals surface area contributed by atoms with Crippen molar-refractivity contribution >= 4 is 11.5 Å². The van der Waals surface area contributed by atoms with Crippen molar-refractivity contribution < 1.29 is 9.18 Å². The van der Waals surface area contributed by atoms with Gasteiger partial charge >= 0.3 is 0 Å². The van der Waals surface area contributed by atoms with E-state index in [0.29, 0.717) is 5.56 Å². The molecule has 0 saturated carbocycles. The Balaban J connectivity index is 2.49. The van der Waals surface area contributed by atoms with Crippen molar-refractivity contribution in [1.29, 1.82) is 0 Å². The summed E-state index contributed by atoms with van der Waals surface area (Å²) in [6.45, 7) is 6.94. The minimum atomic E-state index is -0.513. The average Bonchev–Trinajstić information content (AvgIpc) is 2.39. The number of ketones is 1. The largest absolute Gasteiger partial charge is 0.290 e. The second-order valence-electron chi connectivity index (χ2n) is 3.47. The molecule has 2 rings (SSSR count). The third-order valence-corrected chi connectivity index (χ3v) is 2.36. The van der Waals surface area contributed by atoms with E-state index in [0.717, 1.165) is 6.07 Å². The molecule has 0 aliphatic heterocycles. The summed E-state index contributed by atoms with van der Waals surface area (Å²) in [6, 6.07) is 12.2. The van der Waals surface area contributed by atoms with E-state index in [1.165, 1.54) is 12.1 Å². The third-order valence-electron chi connectivity index (χ3n) is 2.36. The van der Waals surface area contributed by atoms with Crippen molar-refractivity contribution in [2.75, 3.05) is 0 Å². The monoisotopic (exact) mass is 225 g/mol. The molecular weight excluding hydrogens is 217 g/mol. The molecule has 2 aromatic rings. The zero-order chi connectivity index (χ0) is 12.3. The number of carbonyl (C=O) groups excluding carboxylic acids is 1. The molecule has 0 saturated heterocycles. The fraction of sp³-hybridized carbons (Fsp3) is 0. The van der Waals surface area contributed by atoms with Gasteiger partial charge in [0.05, 0.1) is 6.57 Å². The van der Waals surface area contributed by atoms with Crippen LogP contribution in [0.4, 0.5) is 10.1 Å². The number of hydrogen-bond acceptors (Lipinski definition) is 1. The minimum Gasteiger partial charge on any atom is -0.290 e. The molecule has 0 spiro atoms. The van der Waals surface area contributed by atoms with Crippen molar-refractivity contribution in [3.8, 4) is 0 Å². The number of carbonyl (C=O) groups is 1. The predicted octanol–water partition coefficient (Wildman–Crippen LogP) is 3.61. The maximum absolute atomic E-state index is 12.9. The molecule has 0 N–H and O–H groups in total. The van der Waals surface area contributed by atoms with E-state index in [9.17, 15) is 9.18 Å². The van der Waals surface area contributed by atoms with E-state index in [4.69, 9.17) is 6.57 Å². The number of halogens is 1. The first-order valence-corrected chi connectivity index (χ1v) is 4.99. The van der Waals surface area contributed by atoms with Crippen LogP contribution in [0, 0.1) is 12.4 Å². The fourth-order valence-electron chi connectivity index (χ4n) is 1.53. The normalized spacial score (nSPS) is 9.65. The van der Waals surface area contributed by atoms with Gasteiger partial charge in [-0.1, -0.05) is 36.4 Å². The van der Waals surface area contributed by atoms with Crippen LogP contribution in [0.5, 0.6) is 0 Å². The Bertz CT molecular complexity index is 599. The van der Waals surface area contributed by atoms with Crippen LogP contribution in [0.15, 0.2) is 48.5 Å². The van der Waals surface area contributed by atoms with Gasteiger partial charge < -0.3 is 0 Å². The Morgan fingerprint density at radius 3 is 2.47 bits per heavy atom. The number of benzene rings is 2. The van der Waals surface area contributed by atoms with E-state index < -0.39 is 5.82 Å². The molecule has 0 heterocycles. The summed E-state index contributed by atoms with van der Waals surface area (Å²) in [7, 11) is 0. The first-order chi connectivity index (χ1) is 8.22. The maximum Gasteiger partial charge on any atom is 0.201 e. The van der Waals surface area contributed by atoms with Gasteiger partial charge in [0.2, 0.25) is 5.69 Å². The van der Waals surface area contributed by atoms with E-state index in [-0.39, 0.29) is 17.0 Å². The summed E-state index contributed by atoms with van der Waals surface area (Å²) >= 11 is 0. The molecule has 3 heteroatoms. The highest BCUT2D eigenvalue weighted by Gasteiger charge is 2.13. The van der Waals surface area contributed by atoms with Crippen molar-refractivity contribution in [3.05, 3.63) is 76.9 Å². The Labute approximate surface area is 98.1 Å². The summed E-state index contributed by atoms with van der Waals surface area (Å²) in [5.41, 5.74) is 0.760. The summed E-state index contributed by atoms with van der Waals surface area (Å²) in [5.74, 6) is -0.780. The number of rotatable bonds is 2. The molecule has 0 bridgehead atoms. The molecule has 82 valence electrons. The van der Waals surface area contributed by atoms with E-state index in [2.05, 4.69) is 4.85 Å². The van der Waals surface area contributed by atoms with Crippen LogP contribution < -0.4 is 0 Å². The second kappa shape index (κ2) is 4.58. The lowest BCUT2D eigenvalue weighted by Gasteiger charge is -2.03. The van der Waals surface area contributed by atoms with Gasteiger partial charge in [0.1, 0.15) is 5.82 Å². The summed E-state index contributed by atoms with van der Waals surface area (Å²) in [6.07, 6.45) is 0. The Kier molecular flexibility index (Phi) is 2.97. The van der Waals surface area contributed by atoms with Crippen LogP contribution in [-0.4, -0.2) is 5.78 Å². The highest BCUT2D eigenvalue weighted by Crippen LogP contribution is 2.23. The number of nitrogens with zero attached hydrogens (tertiary/aromatic N) is 1. The Morgan fingerprint density at radius 1 is 1.12 bits per heavy atom. The first-order valence-electron chi connectivity index (χ1n) is 4.99. The van der Waals surface area contributed by atoms with Gasteiger partial charge in [-0.15, -0.1) is 0 Å². The molecule has 17 heavy (non-hydrogen) atoms. The van der Waals surface area contributed by atoms with Gasteiger partial charge in [-0.3, -0.25) is 4.79 Å². The quantitative estimate of drug-likeness (QED) is 0.565. The van der Waals surface area contributed by atoms with Crippen molar-refractivity contribution in [2.24, 2.45) is 0 Å². The molecular formula is C14H8FNO.